The first kappa shape index (κ1) is 77.4. The van der Waals surface area contributed by atoms with Gasteiger partial charge >= 0.3 is 5.97 Å². The molecule has 5 heterocycles. The van der Waals surface area contributed by atoms with E-state index in [1.54, 1.807) is 12.1 Å². The van der Waals surface area contributed by atoms with Gasteiger partial charge in [0.15, 0.2) is 0 Å². The lowest BCUT2D eigenvalue weighted by atomic mass is 9.99. The lowest BCUT2D eigenvalue weighted by Crippen LogP contribution is -2.61. The molecule has 17 N–H and O–H groups in total. The fraction of sp³-hybridized carbons (Fsp3) is 0.392. The molecule has 10 rings (SSSR count). The second kappa shape index (κ2) is 37.5. The van der Waals surface area contributed by atoms with E-state index in [0.29, 0.717) is 83.8 Å². The number of aliphatic carboxylic acids is 1. The molecule has 0 spiro atoms. The van der Waals surface area contributed by atoms with Crippen LogP contribution >= 0.6 is 23.5 Å². The molecule has 2 fully saturated rings. The number of carbonyl (C=O) groups excluding carboxylic acids is 10. The van der Waals surface area contributed by atoms with Crippen LogP contribution in [-0.2, 0) is 83.5 Å². The summed E-state index contributed by atoms with van der Waals surface area (Å²) in [5.74, 6) is -9.99. The summed E-state index contributed by atoms with van der Waals surface area (Å²) in [4.78, 5) is 165. The van der Waals surface area contributed by atoms with Crippen LogP contribution in [0.5, 0.6) is 0 Å². The number of fused-ring (bicyclic) bond motifs is 5. The van der Waals surface area contributed by atoms with Crippen molar-refractivity contribution < 1.29 is 66.6 Å². The maximum Gasteiger partial charge on any atom is 0.305 e. The Morgan fingerprint density at radius 2 is 1.19 bits per heavy atom. The highest BCUT2D eigenvalue weighted by Crippen LogP contribution is 2.27. The Bertz CT molecular complexity index is 4280. The van der Waals surface area contributed by atoms with Crippen LogP contribution in [0.2, 0.25) is 0 Å². The molecule has 556 valence electrons. The number of nitrogens with one attached hydrogen (secondary N) is 12. The van der Waals surface area contributed by atoms with Crippen LogP contribution in [0.4, 0.5) is 8.78 Å². The molecule has 10 amide bonds. The molecule has 9 atom stereocenters. The SMILES string of the molecule is NCCCC[C@@H]1NC(=O)CCSCc2cccc(c2)CSC[C@@H](C(N)=O)NC(=O)[C@@H]2CCCN2C(=O)[C@H](Cc2ccc(-c3ccccc3)cc2)NC(=O)[C@H](CC2CNCN2)NC(=O)[C@H](CC(=O)O)NC(=O)[C@H](Cc2c[nH]c3ccc(F)cc23)NC(=O)[C@H](Cc2c[nH]c3ccc(F)cc23)NC(=O)CNC1=O. The van der Waals surface area contributed by atoms with E-state index >= 15 is 23.6 Å². The molecule has 2 saturated heterocycles. The van der Waals surface area contributed by atoms with Gasteiger partial charge in [-0.05, 0) is 120 Å². The molecule has 0 radical (unpaired) electrons. The van der Waals surface area contributed by atoms with E-state index in [1.165, 1.54) is 77.2 Å². The maximum absolute atomic E-state index is 15.3. The molecule has 5 aromatic carbocycles. The van der Waals surface area contributed by atoms with Crippen LogP contribution in [0.3, 0.4) is 0 Å². The number of nitrogens with two attached hydrogens (primary N) is 2. The lowest BCUT2D eigenvalue weighted by Gasteiger charge is -2.31. The Morgan fingerprint density at radius 3 is 1.83 bits per heavy atom. The Morgan fingerprint density at radius 1 is 0.590 bits per heavy atom. The highest BCUT2D eigenvalue weighted by molar-refractivity contribution is 7.98. The number of hydrogen-bond acceptors (Lipinski definition) is 16. The Hall–Kier alpha value is -10.2. The van der Waals surface area contributed by atoms with Crippen LogP contribution in [0.1, 0.15) is 79.2 Å². The van der Waals surface area contributed by atoms with Crippen molar-refractivity contribution in [2.45, 2.75) is 137 Å². The van der Waals surface area contributed by atoms with Crippen molar-refractivity contribution in [3.05, 3.63) is 167 Å². The van der Waals surface area contributed by atoms with Gasteiger partial charge in [0.1, 0.15) is 60.0 Å². The minimum Gasteiger partial charge on any atom is -0.481 e. The summed E-state index contributed by atoms with van der Waals surface area (Å²) < 4.78 is 29.9. The smallest absolute Gasteiger partial charge is 0.305 e. The van der Waals surface area contributed by atoms with Crippen molar-refractivity contribution in [3.8, 4) is 11.1 Å². The Labute approximate surface area is 612 Å². The van der Waals surface area contributed by atoms with Gasteiger partial charge in [-0.3, -0.25) is 52.7 Å². The number of benzene rings is 5. The number of unbranched alkanes of at least 4 members (excludes halogenated alkanes) is 1. The number of carboxylic acids is 1. The van der Waals surface area contributed by atoms with Crippen molar-refractivity contribution >= 4 is 110 Å². The summed E-state index contributed by atoms with van der Waals surface area (Å²) >= 11 is 2.82. The summed E-state index contributed by atoms with van der Waals surface area (Å²) in [7, 11) is 0. The van der Waals surface area contributed by atoms with E-state index < -0.39 is 150 Å². The van der Waals surface area contributed by atoms with Crippen LogP contribution in [0.15, 0.2) is 128 Å². The van der Waals surface area contributed by atoms with Crippen LogP contribution in [0, 0.1) is 11.6 Å². The molecule has 31 heteroatoms. The topological polar surface area (TPSA) is 415 Å². The molecule has 3 aliphatic heterocycles. The van der Waals surface area contributed by atoms with Crippen molar-refractivity contribution in [1.82, 2.24) is 68.0 Å². The highest BCUT2D eigenvalue weighted by Gasteiger charge is 2.41. The fourth-order valence-corrected chi connectivity index (χ4v) is 15.0. The zero-order valence-electron chi connectivity index (χ0n) is 57.6. The van der Waals surface area contributed by atoms with Gasteiger partial charge in [-0.2, -0.15) is 23.5 Å². The second-order valence-electron chi connectivity index (χ2n) is 26.3. The summed E-state index contributed by atoms with van der Waals surface area (Å²) in [6.45, 7) is 0.257. The lowest BCUT2D eigenvalue weighted by molar-refractivity contribution is -0.143. The fourth-order valence-electron chi connectivity index (χ4n) is 13.1. The quantitative estimate of drug-likeness (QED) is 0.0618. The van der Waals surface area contributed by atoms with Gasteiger partial charge in [0, 0.05) is 109 Å². The average molecular weight is 1480 g/mol. The number of carbonyl (C=O) groups is 11. The van der Waals surface area contributed by atoms with Crippen molar-refractivity contribution in [2.24, 2.45) is 11.5 Å². The molecular formula is C74H87F2N15O12S2. The zero-order valence-corrected chi connectivity index (χ0v) is 59.2. The molecule has 2 bridgehead atoms. The molecule has 105 heavy (non-hydrogen) atoms. The average Bonchev–Trinajstić information content (AvgIpc) is 1.79. The number of carboxylic acid groups (broad SMARTS) is 1. The summed E-state index contributed by atoms with van der Waals surface area (Å²) in [5.41, 5.74) is 17.4. The number of rotatable bonds is 16. The molecule has 7 aromatic rings. The monoisotopic (exact) mass is 1480 g/mol. The summed E-state index contributed by atoms with van der Waals surface area (Å²) in [5, 5.41) is 38.7. The predicted molar refractivity (Wildman–Crippen MR) is 393 cm³/mol. The van der Waals surface area contributed by atoms with Crippen LogP contribution in [-0.4, -0.2) is 184 Å². The van der Waals surface area contributed by atoms with E-state index in [9.17, 15) is 43.1 Å². The number of aromatic nitrogens is 2. The molecular weight excluding hydrogens is 1390 g/mol. The van der Waals surface area contributed by atoms with Gasteiger partial charge < -0.3 is 84.6 Å². The number of H-pyrrole nitrogens is 2. The first-order valence-corrected chi connectivity index (χ1v) is 37.2. The van der Waals surface area contributed by atoms with Gasteiger partial charge in [0.05, 0.1) is 13.0 Å². The molecule has 3 aliphatic rings. The van der Waals surface area contributed by atoms with Gasteiger partial charge in [-0.1, -0.05) is 78.9 Å². The van der Waals surface area contributed by atoms with Gasteiger partial charge in [0.25, 0.3) is 0 Å². The van der Waals surface area contributed by atoms with E-state index in [0.717, 1.165) is 22.3 Å². The molecule has 0 aliphatic carbocycles. The Kier molecular flexibility index (Phi) is 27.6. The first-order valence-electron chi connectivity index (χ1n) is 34.9. The molecule has 1 unspecified atom stereocenters. The second-order valence-corrected chi connectivity index (χ2v) is 28.5. The van der Waals surface area contributed by atoms with E-state index in [2.05, 4.69) is 63.1 Å². The molecule has 0 saturated carbocycles. The number of amides is 10. The summed E-state index contributed by atoms with van der Waals surface area (Å²) in [6, 6.07) is 20.0. The van der Waals surface area contributed by atoms with Crippen molar-refractivity contribution in [3.63, 3.8) is 0 Å². The zero-order chi connectivity index (χ0) is 74.5. The normalized spacial score (nSPS) is 23.0. The minimum atomic E-state index is -2.00. The molecule has 2 aromatic heterocycles. The maximum atomic E-state index is 15.3. The van der Waals surface area contributed by atoms with E-state index in [4.69, 9.17) is 11.5 Å². The third-order valence-corrected chi connectivity index (χ3v) is 20.7. The number of primary amides is 1. The third-order valence-electron chi connectivity index (χ3n) is 18.6. The van der Waals surface area contributed by atoms with Crippen molar-refractivity contribution in [1.29, 1.82) is 0 Å². The highest BCUT2D eigenvalue weighted by atomic mass is 32.2. The number of halogens is 2. The summed E-state index contributed by atoms with van der Waals surface area (Å²) in [6.07, 6.45) is 2.44. The number of nitrogens with zero attached hydrogens (tertiary/aromatic N) is 1. The number of aromatic amines is 2. The number of hydrogen-bond donors (Lipinski definition) is 15. The molecule has 27 nitrogen and oxygen atoms in total. The first-order chi connectivity index (χ1) is 50.6. The standard InChI is InChI=1S/C74H87F2N15O12S2/c75-49-18-20-54-52(30-49)47(34-80-54)28-57-69(98)86-58(29-48-35-81-55-21-19-50(76)31-53(48)55)70(99)88-60(33-66(94)95)72(101)87-59(32-51-36-79-41-83-51)71(100)89-61(27-42-14-16-46(17-15-42)45-10-2-1-3-11-45)74(103)91-24-7-13-63(91)73(102)90-62(67(78)96)40-105-39-44-9-6-8-43(26-44)38-104-25-22-64(92)84-56(12-4-5-23-77)68(97)82-37-65(93)85-57/h1-3,6,8-11,14-21,26,30-31,34-35,51,56-63,79-81,83H,4-5,7,12-13,22-25,27-29,32-33,36-41,77H2,(H2,78,96)(H,82,97)(H,84,92)(H,85,93)(H,86,98)(H,87,101)(H,88,99)(H,89,100)(H,90,102)(H,94,95)/t51?,56-,57-,58-,59-,60-,61-,62-,63-/m0/s1. The number of thioether (sulfide) groups is 2. The van der Waals surface area contributed by atoms with Gasteiger partial charge in [0.2, 0.25) is 59.1 Å². The predicted octanol–water partition coefficient (Wildman–Crippen LogP) is 2.69. The van der Waals surface area contributed by atoms with Crippen LogP contribution in [0.25, 0.3) is 32.9 Å². The van der Waals surface area contributed by atoms with Gasteiger partial charge in [-0.25, -0.2) is 8.78 Å². The van der Waals surface area contributed by atoms with Crippen LogP contribution < -0.4 is 64.6 Å². The van der Waals surface area contributed by atoms with Crippen molar-refractivity contribution in [2.75, 3.05) is 44.4 Å². The third kappa shape index (κ3) is 21.9. The van der Waals surface area contributed by atoms with Gasteiger partial charge in [-0.15, -0.1) is 0 Å². The van der Waals surface area contributed by atoms with E-state index in [-0.39, 0.29) is 61.8 Å². The Balaban J connectivity index is 0.980. The minimum absolute atomic E-state index is 0.0183. The largest absolute Gasteiger partial charge is 0.481 e. The van der Waals surface area contributed by atoms with E-state index in [1.807, 2.05) is 66.7 Å².